The maximum Gasteiger partial charge on any atom is 0.282 e. The molecule has 0 spiro atoms. The number of hydrogen-bond donors (Lipinski definition) is 1. The highest BCUT2D eigenvalue weighted by atomic mass is 32.2. The first-order valence-corrected chi connectivity index (χ1v) is 8.94. The number of aliphatic hydroxyl groups excluding tert-OH is 1. The van der Waals surface area contributed by atoms with Crippen molar-refractivity contribution >= 4 is 10.2 Å². The smallest absolute Gasteiger partial charge is 0.282 e. The Morgan fingerprint density at radius 3 is 2.33 bits per heavy atom. The fourth-order valence-electron chi connectivity index (χ4n) is 2.61. The van der Waals surface area contributed by atoms with Gasteiger partial charge < -0.3 is 5.11 Å². The predicted octanol–water partition coefficient (Wildman–Crippen LogP) is 1.25. The van der Waals surface area contributed by atoms with Crippen molar-refractivity contribution in [1.82, 2.24) is 8.61 Å². The lowest BCUT2D eigenvalue weighted by Crippen LogP contribution is -2.47. The average Bonchev–Trinajstić information content (AvgIpc) is 2.53. The van der Waals surface area contributed by atoms with Gasteiger partial charge in [-0.15, -0.1) is 0 Å². The van der Waals surface area contributed by atoms with Gasteiger partial charge in [0.2, 0.25) is 0 Å². The zero-order chi connectivity index (χ0) is 15.1. The maximum absolute atomic E-state index is 12.6. The molecule has 0 bridgehead atoms. The second-order valence-electron chi connectivity index (χ2n) is 5.33. The van der Waals surface area contributed by atoms with Crippen molar-refractivity contribution in [1.29, 1.82) is 0 Å². The molecular formula is C15H24N2O3S. The molecule has 1 aromatic carbocycles. The minimum atomic E-state index is -3.45. The molecule has 1 heterocycles. The van der Waals surface area contributed by atoms with Crippen molar-refractivity contribution in [2.24, 2.45) is 0 Å². The van der Waals surface area contributed by atoms with E-state index < -0.39 is 10.2 Å². The highest BCUT2D eigenvalue weighted by Gasteiger charge is 2.29. The van der Waals surface area contributed by atoms with Gasteiger partial charge in [-0.25, -0.2) is 0 Å². The van der Waals surface area contributed by atoms with E-state index in [1.165, 1.54) is 4.31 Å². The van der Waals surface area contributed by atoms with Crippen LogP contribution in [0.4, 0.5) is 0 Å². The van der Waals surface area contributed by atoms with Gasteiger partial charge in [0.1, 0.15) is 0 Å². The number of piperidine rings is 1. The molecule has 0 unspecified atom stereocenters. The highest BCUT2D eigenvalue weighted by Crippen LogP contribution is 2.17. The van der Waals surface area contributed by atoms with E-state index in [0.29, 0.717) is 26.1 Å². The monoisotopic (exact) mass is 312 g/mol. The van der Waals surface area contributed by atoms with Gasteiger partial charge in [0.05, 0.1) is 6.61 Å². The summed E-state index contributed by atoms with van der Waals surface area (Å²) < 4.78 is 28.2. The molecule has 1 aliphatic heterocycles. The Morgan fingerprint density at radius 2 is 1.71 bits per heavy atom. The number of rotatable bonds is 7. The van der Waals surface area contributed by atoms with Crippen LogP contribution in [0.15, 0.2) is 30.3 Å². The Labute approximate surface area is 127 Å². The molecule has 1 N–H and O–H groups in total. The van der Waals surface area contributed by atoms with E-state index in [9.17, 15) is 13.5 Å². The van der Waals surface area contributed by atoms with Crippen molar-refractivity contribution in [3.63, 3.8) is 0 Å². The van der Waals surface area contributed by atoms with Crippen molar-refractivity contribution in [3.05, 3.63) is 35.9 Å². The number of nitrogens with zero attached hydrogens (tertiary/aromatic N) is 2. The van der Waals surface area contributed by atoms with E-state index in [1.54, 1.807) is 4.31 Å². The van der Waals surface area contributed by atoms with E-state index in [0.717, 1.165) is 24.8 Å². The van der Waals surface area contributed by atoms with Crippen LogP contribution in [0.1, 0.15) is 24.8 Å². The van der Waals surface area contributed by atoms with Crippen LogP contribution in [0, 0.1) is 0 Å². The van der Waals surface area contributed by atoms with Gasteiger partial charge in [-0.05, 0) is 24.8 Å². The van der Waals surface area contributed by atoms with Crippen LogP contribution >= 0.6 is 0 Å². The first-order chi connectivity index (χ1) is 10.1. The van der Waals surface area contributed by atoms with Gasteiger partial charge in [-0.1, -0.05) is 36.8 Å². The summed E-state index contributed by atoms with van der Waals surface area (Å²) in [6.45, 7) is 1.60. The molecule has 118 valence electrons. The van der Waals surface area contributed by atoms with E-state index in [-0.39, 0.29) is 13.2 Å². The Bertz CT molecular complexity index is 513. The predicted molar refractivity (Wildman–Crippen MR) is 83.1 cm³/mol. The number of aliphatic hydroxyl groups is 1. The van der Waals surface area contributed by atoms with Crippen LogP contribution in [0.25, 0.3) is 0 Å². The zero-order valence-corrected chi connectivity index (χ0v) is 13.1. The molecule has 0 radical (unpaired) electrons. The van der Waals surface area contributed by atoms with E-state index >= 15 is 0 Å². The van der Waals surface area contributed by atoms with Crippen LogP contribution in [0.3, 0.4) is 0 Å². The van der Waals surface area contributed by atoms with Crippen LogP contribution in [-0.4, -0.2) is 54.9 Å². The molecule has 2 rings (SSSR count). The first-order valence-electron chi connectivity index (χ1n) is 7.54. The lowest BCUT2D eigenvalue weighted by molar-refractivity contribution is 0.239. The summed E-state index contributed by atoms with van der Waals surface area (Å²) in [4.78, 5) is 0. The zero-order valence-electron chi connectivity index (χ0n) is 12.3. The molecule has 1 aliphatic rings. The Kier molecular flexibility index (Phi) is 6.17. The molecule has 6 heteroatoms. The third-order valence-corrected chi connectivity index (χ3v) is 5.85. The Hall–Kier alpha value is -0.950. The molecule has 5 nitrogen and oxygen atoms in total. The molecule has 21 heavy (non-hydrogen) atoms. The lowest BCUT2D eigenvalue weighted by atomic mass is 10.1. The standard InChI is InChI=1S/C15H24N2O3S/c18-14-13-17(12-9-15-7-3-1-4-8-15)21(19,20)16-10-5-2-6-11-16/h1,3-4,7-8,18H,2,5-6,9-14H2. The average molecular weight is 312 g/mol. The van der Waals surface area contributed by atoms with E-state index in [2.05, 4.69) is 0 Å². The van der Waals surface area contributed by atoms with Crippen molar-refractivity contribution < 1.29 is 13.5 Å². The molecule has 0 atom stereocenters. The third-order valence-electron chi connectivity index (χ3n) is 3.81. The second kappa shape index (κ2) is 7.89. The molecule has 0 saturated carbocycles. The van der Waals surface area contributed by atoms with Crippen LogP contribution in [0.2, 0.25) is 0 Å². The van der Waals surface area contributed by atoms with Crippen molar-refractivity contribution in [2.75, 3.05) is 32.8 Å². The summed E-state index contributed by atoms with van der Waals surface area (Å²) in [5, 5.41) is 9.17. The largest absolute Gasteiger partial charge is 0.395 e. The van der Waals surface area contributed by atoms with E-state index in [4.69, 9.17) is 0 Å². The Balaban J connectivity index is 2.03. The normalized spacial score (nSPS) is 17.2. The lowest BCUT2D eigenvalue weighted by Gasteiger charge is -2.31. The fourth-order valence-corrected chi connectivity index (χ4v) is 4.29. The van der Waals surface area contributed by atoms with Crippen LogP contribution < -0.4 is 0 Å². The molecule has 1 saturated heterocycles. The number of benzene rings is 1. The molecule has 1 fully saturated rings. The van der Waals surface area contributed by atoms with Crippen LogP contribution in [-0.2, 0) is 16.6 Å². The number of hydrogen-bond acceptors (Lipinski definition) is 3. The van der Waals surface area contributed by atoms with Crippen LogP contribution in [0.5, 0.6) is 0 Å². The van der Waals surface area contributed by atoms with Gasteiger partial charge in [0.25, 0.3) is 10.2 Å². The molecule has 0 amide bonds. The van der Waals surface area contributed by atoms with Gasteiger partial charge in [-0.2, -0.15) is 17.0 Å². The van der Waals surface area contributed by atoms with Gasteiger partial charge in [0.15, 0.2) is 0 Å². The fraction of sp³-hybridized carbons (Fsp3) is 0.600. The summed E-state index contributed by atoms with van der Waals surface area (Å²) in [5.74, 6) is 0. The topological polar surface area (TPSA) is 60.9 Å². The molecular weight excluding hydrogens is 288 g/mol. The molecule has 0 aliphatic carbocycles. The van der Waals surface area contributed by atoms with Gasteiger partial charge in [-0.3, -0.25) is 0 Å². The Morgan fingerprint density at radius 1 is 1.05 bits per heavy atom. The summed E-state index contributed by atoms with van der Waals surface area (Å²) in [6, 6.07) is 9.82. The first kappa shape index (κ1) is 16.4. The SMILES string of the molecule is O=S(=O)(N1CCCCC1)N(CCO)CCc1ccccc1. The quantitative estimate of drug-likeness (QED) is 0.824. The second-order valence-corrected chi connectivity index (χ2v) is 7.25. The van der Waals surface area contributed by atoms with Crippen molar-refractivity contribution in [2.45, 2.75) is 25.7 Å². The molecule has 1 aromatic rings. The van der Waals surface area contributed by atoms with Gasteiger partial charge >= 0.3 is 0 Å². The van der Waals surface area contributed by atoms with Crippen molar-refractivity contribution in [3.8, 4) is 0 Å². The third kappa shape index (κ3) is 4.51. The molecule has 0 aromatic heterocycles. The maximum atomic E-state index is 12.6. The minimum absolute atomic E-state index is 0.151. The van der Waals surface area contributed by atoms with E-state index in [1.807, 2.05) is 30.3 Å². The van der Waals surface area contributed by atoms with Gasteiger partial charge in [0, 0.05) is 26.2 Å². The summed E-state index contributed by atoms with van der Waals surface area (Å²) in [7, 11) is -3.45. The minimum Gasteiger partial charge on any atom is -0.395 e. The summed E-state index contributed by atoms with van der Waals surface area (Å²) >= 11 is 0. The summed E-state index contributed by atoms with van der Waals surface area (Å²) in [6.07, 6.45) is 3.60. The summed E-state index contributed by atoms with van der Waals surface area (Å²) in [5.41, 5.74) is 1.11. The highest BCUT2D eigenvalue weighted by molar-refractivity contribution is 7.86.